The Morgan fingerprint density at radius 2 is 1.52 bits per heavy atom. The third-order valence-corrected chi connectivity index (χ3v) is 7.99. The fourth-order valence-electron chi connectivity index (χ4n) is 3.39. The summed E-state index contributed by atoms with van der Waals surface area (Å²) in [4.78, 5) is 11.8. The highest BCUT2D eigenvalue weighted by atomic mass is 127. The van der Waals surface area contributed by atoms with E-state index in [-0.39, 0.29) is 29.9 Å². The van der Waals surface area contributed by atoms with Crippen LogP contribution in [0.4, 0.5) is 11.4 Å². The Kier molecular flexibility index (Phi) is 13.5. The van der Waals surface area contributed by atoms with E-state index in [1.165, 1.54) is 0 Å². The summed E-state index contributed by atoms with van der Waals surface area (Å²) in [5.41, 5.74) is 4.46. The van der Waals surface area contributed by atoms with Crippen molar-refractivity contribution in [3.8, 4) is 11.1 Å². The van der Waals surface area contributed by atoms with Crippen molar-refractivity contribution in [1.82, 2.24) is 0 Å². The van der Waals surface area contributed by atoms with Gasteiger partial charge < -0.3 is 23.9 Å². The van der Waals surface area contributed by atoms with Crippen LogP contribution in [0.1, 0.15) is 34.1 Å². The molecular formula is C25H37IN2O4Si. The minimum absolute atomic E-state index is 0. The zero-order valence-electron chi connectivity index (χ0n) is 20.1. The molecule has 2 rings (SSSR count). The van der Waals surface area contributed by atoms with Crippen LogP contribution in [-0.2, 0) is 18.1 Å². The van der Waals surface area contributed by atoms with Gasteiger partial charge in [-0.1, -0.05) is 36.9 Å². The van der Waals surface area contributed by atoms with Gasteiger partial charge in [0.1, 0.15) is 0 Å². The van der Waals surface area contributed by atoms with Crippen molar-refractivity contribution in [2.24, 2.45) is 0 Å². The molecule has 1 amide bonds. The van der Waals surface area contributed by atoms with Gasteiger partial charge in [-0.2, -0.15) is 0 Å². The first kappa shape index (κ1) is 29.3. The first-order valence-electron chi connectivity index (χ1n) is 11.3. The average Bonchev–Trinajstić information content (AvgIpc) is 2.78. The highest BCUT2D eigenvalue weighted by molar-refractivity contribution is 14.0. The van der Waals surface area contributed by atoms with Crippen molar-refractivity contribution in [3.05, 3.63) is 60.7 Å². The third-order valence-electron chi connectivity index (χ3n) is 4.84. The summed E-state index contributed by atoms with van der Waals surface area (Å²) in [6, 6.07) is 16.8. The number of rotatable bonds is 14. The molecule has 33 heavy (non-hydrogen) atoms. The summed E-state index contributed by atoms with van der Waals surface area (Å²) < 4.78 is 17.8. The van der Waals surface area contributed by atoms with Crippen LogP contribution in [0.15, 0.2) is 60.7 Å². The van der Waals surface area contributed by atoms with Gasteiger partial charge in [0.25, 0.3) is 5.91 Å². The fraction of sp³-hybridized carbons (Fsp3) is 0.400. The molecule has 0 spiro atoms. The van der Waals surface area contributed by atoms with Crippen molar-refractivity contribution < 1.29 is 18.1 Å². The lowest BCUT2D eigenvalue weighted by Gasteiger charge is -2.28. The Labute approximate surface area is 216 Å². The van der Waals surface area contributed by atoms with Gasteiger partial charge in [0.2, 0.25) is 0 Å². The lowest BCUT2D eigenvalue weighted by Crippen LogP contribution is -2.46. The lowest BCUT2D eigenvalue weighted by atomic mass is 10.0. The molecule has 0 bridgehead atoms. The monoisotopic (exact) mass is 584 g/mol. The van der Waals surface area contributed by atoms with Crippen LogP contribution < -0.4 is 10.6 Å². The molecule has 8 heteroatoms. The van der Waals surface area contributed by atoms with Crippen molar-refractivity contribution in [2.45, 2.75) is 40.2 Å². The number of carbonyl (C=O) groups is 1. The van der Waals surface area contributed by atoms with Gasteiger partial charge in [-0.05, 0) is 57.9 Å². The Balaban J connectivity index is 0.00000544. The topological polar surface area (TPSA) is 68.8 Å². The standard InChI is InChI=1S/C25H36N2O4Si.HI/c1-6-29-32(30-7-2,31-8-3)19-11-18-26-24-13-10-9-12-23(24)21-14-16-22(17-15-21)27-25(28)20(4)5;/h9-10,12-17,26H,4,6-8,11,18-19H2,1-3,5H3,(H,27,28);1H. The third kappa shape index (κ3) is 9.21. The summed E-state index contributed by atoms with van der Waals surface area (Å²) in [5, 5.41) is 6.38. The largest absolute Gasteiger partial charge is 0.500 e. The van der Waals surface area contributed by atoms with Gasteiger partial charge >= 0.3 is 8.80 Å². The van der Waals surface area contributed by atoms with Crippen LogP contribution >= 0.6 is 24.0 Å². The van der Waals surface area contributed by atoms with E-state index < -0.39 is 8.80 Å². The molecule has 2 aromatic rings. The predicted octanol–water partition coefficient (Wildman–Crippen LogP) is 6.34. The second-order valence-electron chi connectivity index (χ2n) is 7.37. The SMILES string of the molecule is C=C(C)C(=O)Nc1ccc(-c2ccccc2NCCC[Si](OCC)(OCC)OCC)cc1.I. The van der Waals surface area contributed by atoms with E-state index in [0.29, 0.717) is 25.4 Å². The molecule has 2 N–H and O–H groups in total. The van der Waals surface area contributed by atoms with Gasteiger partial charge in [0.05, 0.1) is 0 Å². The summed E-state index contributed by atoms with van der Waals surface area (Å²) in [5.74, 6) is -0.175. The zero-order chi connectivity index (χ0) is 23.4. The number of para-hydroxylation sites is 1. The minimum Gasteiger partial charge on any atom is -0.385 e. The molecular weight excluding hydrogens is 547 g/mol. The number of nitrogens with one attached hydrogen (secondary N) is 2. The molecule has 0 radical (unpaired) electrons. The second-order valence-corrected chi connectivity index (χ2v) is 10.1. The summed E-state index contributed by atoms with van der Waals surface area (Å²) in [6.45, 7) is 13.8. The maximum absolute atomic E-state index is 11.8. The second kappa shape index (κ2) is 15.2. The van der Waals surface area contributed by atoms with E-state index in [1.54, 1.807) is 6.92 Å². The van der Waals surface area contributed by atoms with Gasteiger partial charge in [-0.15, -0.1) is 24.0 Å². The van der Waals surface area contributed by atoms with E-state index in [2.05, 4.69) is 29.3 Å². The van der Waals surface area contributed by atoms with Crippen molar-refractivity contribution >= 4 is 50.1 Å². The van der Waals surface area contributed by atoms with Crippen LogP contribution in [0, 0.1) is 0 Å². The Morgan fingerprint density at radius 1 is 0.939 bits per heavy atom. The maximum atomic E-state index is 11.8. The van der Waals surface area contributed by atoms with Gasteiger partial charge in [0.15, 0.2) is 0 Å². The van der Waals surface area contributed by atoms with E-state index in [0.717, 1.165) is 41.5 Å². The number of halogens is 1. The molecule has 182 valence electrons. The fourth-order valence-corrected chi connectivity index (χ4v) is 6.00. The van der Waals surface area contributed by atoms with Crippen LogP contribution in [0.2, 0.25) is 6.04 Å². The quantitative estimate of drug-likeness (QED) is 0.118. The van der Waals surface area contributed by atoms with Crippen LogP contribution in [0.25, 0.3) is 11.1 Å². The first-order chi connectivity index (χ1) is 15.4. The number of hydrogen-bond donors (Lipinski definition) is 2. The van der Waals surface area contributed by atoms with E-state index in [1.807, 2.05) is 57.2 Å². The van der Waals surface area contributed by atoms with Gasteiger partial charge in [-0.3, -0.25) is 4.79 Å². The lowest BCUT2D eigenvalue weighted by molar-refractivity contribution is -0.112. The summed E-state index contributed by atoms with van der Waals surface area (Å²) >= 11 is 0. The molecule has 0 aliphatic heterocycles. The Hall–Kier alpha value is -1.72. The van der Waals surface area contributed by atoms with Gasteiger partial charge in [0, 0.05) is 54.9 Å². The average molecular weight is 585 g/mol. The molecule has 0 saturated heterocycles. The number of anilines is 2. The van der Waals surface area contributed by atoms with E-state index in [4.69, 9.17) is 13.3 Å². The van der Waals surface area contributed by atoms with E-state index >= 15 is 0 Å². The van der Waals surface area contributed by atoms with Crippen molar-refractivity contribution in [3.63, 3.8) is 0 Å². The highest BCUT2D eigenvalue weighted by Crippen LogP contribution is 2.29. The van der Waals surface area contributed by atoms with Crippen LogP contribution in [0.5, 0.6) is 0 Å². The number of benzene rings is 2. The summed E-state index contributed by atoms with van der Waals surface area (Å²) in [7, 11) is -2.62. The maximum Gasteiger partial charge on any atom is 0.500 e. The van der Waals surface area contributed by atoms with Crippen LogP contribution in [-0.4, -0.2) is 41.1 Å². The molecule has 0 aromatic heterocycles. The normalized spacial score (nSPS) is 10.9. The zero-order valence-corrected chi connectivity index (χ0v) is 23.4. The highest BCUT2D eigenvalue weighted by Gasteiger charge is 2.39. The van der Waals surface area contributed by atoms with E-state index in [9.17, 15) is 4.79 Å². The van der Waals surface area contributed by atoms with Crippen LogP contribution in [0.3, 0.4) is 0 Å². The molecule has 0 fully saturated rings. The minimum atomic E-state index is -2.62. The molecule has 0 unspecified atom stereocenters. The smallest absolute Gasteiger partial charge is 0.385 e. The summed E-state index contributed by atoms with van der Waals surface area (Å²) in [6.07, 6.45) is 0.881. The Morgan fingerprint density at radius 3 is 2.06 bits per heavy atom. The molecule has 0 heterocycles. The predicted molar refractivity (Wildman–Crippen MR) is 149 cm³/mol. The first-order valence-corrected chi connectivity index (χ1v) is 13.2. The molecule has 0 aliphatic rings. The number of amides is 1. The van der Waals surface area contributed by atoms with Crippen molar-refractivity contribution in [2.75, 3.05) is 37.0 Å². The molecule has 0 saturated carbocycles. The molecule has 0 aliphatic carbocycles. The number of carbonyl (C=O) groups excluding carboxylic acids is 1. The van der Waals surface area contributed by atoms with Crippen molar-refractivity contribution in [1.29, 1.82) is 0 Å². The Bertz CT molecular complexity index is 860. The van der Waals surface area contributed by atoms with Gasteiger partial charge in [-0.25, -0.2) is 0 Å². The molecule has 6 nitrogen and oxygen atoms in total. The molecule has 2 aromatic carbocycles. The number of hydrogen-bond acceptors (Lipinski definition) is 5. The molecule has 0 atom stereocenters.